The Bertz CT molecular complexity index is 1240. The van der Waals surface area contributed by atoms with Gasteiger partial charge >= 0.3 is 0 Å². The first-order valence-corrected chi connectivity index (χ1v) is 8.96. The summed E-state index contributed by atoms with van der Waals surface area (Å²) in [6, 6.07) is 15.1. The second-order valence-corrected chi connectivity index (χ2v) is 6.98. The molecule has 136 valence electrons. The lowest BCUT2D eigenvalue weighted by Crippen LogP contribution is -2.07. The lowest BCUT2D eigenvalue weighted by atomic mass is 10.0. The van der Waals surface area contributed by atoms with Gasteiger partial charge in [0.05, 0.1) is 16.6 Å². The topological polar surface area (TPSA) is 124 Å². The van der Waals surface area contributed by atoms with Crippen LogP contribution in [0.2, 0.25) is 0 Å². The Morgan fingerprint density at radius 1 is 1.11 bits per heavy atom. The third-order valence-electron chi connectivity index (χ3n) is 5.28. The van der Waals surface area contributed by atoms with Gasteiger partial charge in [0.1, 0.15) is 23.5 Å². The van der Waals surface area contributed by atoms with Crippen LogP contribution >= 0.6 is 0 Å². The molecule has 4 N–H and O–H groups in total. The zero-order valence-corrected chi connectivity index (χ0v) is 14.8. The number of phenols is 1. The highest BCUT2D eigenvalue weighted by atomic mass is 16.3. The first-order chi connectivity index (χ1) is 13.6. The maximum atomic E-state index is 9.99. The van der Waals surface area contributed by atoms with Gasteiger partial charge < -0.3 is 10.8 Å². The van der Waals surface area contributed by atoms with E-state index in [4.69, 9.17) is 11.0 Å². The Morgan fingerprint density at radius 2 is 1.86 bits per heavy atom. The minimum absolute atomic E-state index is 0.0948. The van der Waals surface area contributed by atoms with E-state index in [0.717, 1.165) is 12.8 Å². The van der Waals surface area contributed by atoms with E-state index >= 15 is 0 Å². The molecular formula is C21H16N6O. The fraction of sp³-hybridized carbons (Fsp3) is 0.143. The molecule has 1 aliphatic carbocycles. The van der Waals surface area contributed by atoms with Crippen molar-refractivity contribution in [3.8, 4) is 23.1 Å². The van der Waals surface area contributed by atoms with E-state index in [1.54, 1.807) is 12.1 Å². The summed E-state index contributed by atoms with van der Waals surface area (Å²) in [4.78, 5) is 9.23. The SMILES string of the molecule is N#Cc1ccc(-c2[nH]nc3nc(C4Cc5ccccc5C4)nc(N)c23)cc1O. The zero-order chi connectivity index (χ0) is 19.3. The molecule has 28 heavy (non-hydrogen) atoms. The molecule has 2 aromatic carbocycles. The third kappa shape index (κ3) is 2.47. The molecule has 0 saturated carbocycles. The fourth-order valence-corrected chi connectivity index (χ4v) is 3.88. The number of aromatic nitrogens is 4. The fourth-order valence-electron chi connectivity index (χ4n) is 3.88. The van der Waals surface area contributed by atoms with Gasteiger partial charge in [0.2, 0.25) is 0 Å². The van der Waals surface area contributed by atoms with E-state index < -0.39 is 0 Å². The number of rotatable bonds is 2. The summed E-state index contributed by atoms with van der Waals surface area (Å²) in [6.07, 6.45) is 1.78. The van der Waals surface area contributed by atoms with Crippen LogP contribution in [0.4, 0.5) is 5.82 Å². The van der Waals surface area contributed by atoms with Crippen LogP contribution in [0.25, 0.3) is 22.3 Å². The largest absolute Gasteiger partial charge is 0.507 e. The Balaban J connectivity index is 1.56. The van der Waals surface area contributed by atoms with Crippen LogP contribution in [-0.2, 0) is 12.8 Å². The minimum atomic E-state index is -0.0948. The van der Waals surface area contributed by atoms with Crippen molar-refractivity contribution < 1.29 is 5.11 Å². The van der Waals surface area contributed by atoms with E-state index in [0.29, 0.717) is 33.9 Å². The maximum absolute atomic E-state index is 9.99. The van der Waals surface area contributed by atoms with E-state index in [1.165, 1.54) is 17.2 Å². The molecule has 0 aliphatic heterocycles. The molecular weight excluding hydrogens is 352 g/mol. The number of H-pyrrole nitrogens is 1. The molecule has 7 nitrogen and oxygen atoms in total. The minimum Gasteiger partial charge on any atom is -0.507 e. The van der Waals surface area contributed by atoms with Gasteiger partial charge in [0, 0.05) is 11.5 Å². The van der Waals surface area contributed by atoms with Crippen LogP contribution in [0.3, 0.4) is 0 Å². The number of phenolic OH excluding ortho intramolecular Hbond substituents is 1. The van der Waals surface area contributed by atoms with E-state index in [-0.39, 0.29) is 17.2 Å². The number of nitrogen functional groups attached to an aromatic ring is 1. The standard InChI is InChI=1S/C21H16N6O/c22-10-14-6-5-13(9-16(14)28)18-17-19(23)24-20(25-21(17)27-26-18)15-7-11-3-1-2-4-12(11)8-15/h1-6,9,15,28H,7-8H2,(H3,23,24,25,26,27). The van der Waals surface area contributed by atoms with E-state index in [9.17, 15) is 5.11 Å². The summed E-state index contributed by atoms with van der Waals surface area (Å²) in [5.74, 6) is 1.14. The molecule has 0 spiro atoms. The molecule has 0 atom stereocenters. The summed E-state index contributed by atoms with van der Waals surface area (Å²) in [6.45, 7) is 0. The second-order valence-electron chi connectivity index (χ2n) is 6.98. The predicted octanol–water partition coefficient (Wildman–Crippen LogP) is 3.06. The van der Waals surface area contributed by atoms with Crippen LogP contribution in [-0.4, -0.2) is 25.3 Å². The van der Waals surface area contributed by atoms with Gasteiger partial charge in [-0.15, -0.1) is 0 Å². The van der Waals surface area contributed by atoms with Gasteiger partial charge in [-0.2, -0.15) is 10.4 Å². The smallest absolute Gasteiger partial charge is 0.187 e. The number of nitrogens with two attached hydrogens (primary N) is 1. The molecule has 0 unspecified atom stereocenters. The van der Waals surface area contributed by atoms with Crippen molar-refractivity contribution >= 4 is 16.9 Å². The third-order valence-corrected chi connectivity index (χ3v) is 5.28. The Hall–Kier alpha value is -3.92. The normalized spacial score (nSPS) is 13.5. The highest BCUT2D eigenvalue weighted by molar-refractivity contribution is 5.98. The second kappa shape index (κ2) is 6.06. The van der Waals surface area contributed by atoms with Crippen molar-refractivity contribution in [1.29, 1.82) is 5.26 Å². The molecule has 0 fully saturated rings. The van der Waals surface area contributed by atoms with Crippen LogP contribution in [0.5, 0.6) is 5.75 Å². The molecule has 5 rings (SSSR count). The van der Waals surface area contributed by atoms with Crippen molar-refractivity contribution in [3.05, 3.63) is 65.0 Å². The zero-order valence-electron chi connectivity index (χ0n) is 14.8. The van der Waals surface area contributed by atoms with Gasteiger partial charge in [-0.05, 0) is 36.1 Å². The summed E-state index contributed by atoms with van der Waals surface area (Å²) in [7, 11) is 0. The van der Waals surface area contributed by atoms with Gasteiger partial charge in [-0.1, -0.05) is 30.3 Å². The molecule has 2 aromatic heterocycles. The quantitative estimate of drug-likeness (QED) is 0.499. The van der Waals surface area contributed by atoms with Crippen molar-refractivity contribution in [2.24, 2.45) is 0 Å². The van der Waals surface area contributed by atoms with Crippen molar-refractivity contribution in [1.82, 2.24) is 20.2 Å². The number of nitrogens with one attached hydrogen (secondary N) is 1. The average molecular weight is 368 g/mol. The highest BCUT2D eigenvalue weighted by Gasteiger charge is 2.26. The van der Waals surface area contributed by atoms with Crippen molar-refractivity contribution in [2.45, 2.75) is 18.8 Å². The van der Waals surface area contributed by atoms with Crippen LogP contribution in [0.1, 0.15) is 28.4 Å². The van der Waals surface area contributed by atoms with Crippen molar-refractivity contribution in [2.75, 3.05) is 5.73 Å². The maximum Gasteiger partial charge on any atom is 0.187 e. The average Bonchev–Trinajstić information content (AvgIpc) is 3.32. The number of fused-ring (bicyclic) bond motifs is 2. The number of aromatic amines is 1. The number of aromatic hydroxyl groups is 1. The monoisotopic (exact) mass is 368 g/mol. The van der Waals surface area contributed by atoms with E-state index in [1.807, 2.05) is 18.2 Å². The van der Waals surface area contributed by atoms with Gasteiger partial charge in [0.15, 0.2) is 5.65 Å². The molecule has 4 aromatic rings. The molecule has 0 radical (unpaired) electrons. The Kier molecular flexibility index (Phi) is 3.52. The Labute approximate surface area is 160 Å². The summed E-state index contributed by atoms with van der Waals surface area (Å²) >= 11 is 0. The first-order valence-electron chi connectivity index (χ1n) is 8.96. The molecule has 0 amide bonds. The Morgan fingerprint density at radius 3 is 2.54 bits per heavy atom. The number of hydrogen-bond donors (Lipinski definition) is 3. The first kappa shape index (κ1) is 16.3. The number of hydrogen-bond acceptors (Lipinski definition) is 6. The highest BCUT2D eigenvalue weighted by Crippen LogP contribution is 2.36. The van der Waals surface area contributed by atoms with Gasteiger partial charge in [0.25, 0.3) is 0 Å². The number of benzene rings is 2. The van der Waals surface area contributed by atoms with Crippen molar-refractivity contribution in [3.63, 3.8) is 0 Å². The lowest BCUT2D eigenvalue weighted by molar-refractivity contribution is 0.474. The lowest BCUT2D eigenvalue weighted by Gasteiger charge is -2.09. The van der Waals surface area contributed by atoms with Gasteiger partial charge in [-0.25, -0.2) is 9.97 Å². The molecule has 0 bridgehead atoms. The number of anilines is 1. The summed E-state index contributed by atoms with van der Waals surface area (Å²) < 4.78 is 0. The van der Waals surface area contributed by atoms with Gasteiger partial charge in [-0.3, -0.25) is 5.10 Å². The molecule has 0 saturated heterocycles. The number of nitriles is 1. The van der Waals surface area contributed by atoms with Crippen LogP contribution < -0.4 is 5.73 Å². The van der Waals surface area contributed by atoms with E-state index in [2.05, 4.69) is 32.3 Å². The molecule has 1 aliphatic rings. The van der Waals surface area contributed by atoms with Crippen LogP contribution in [0.15, 0.2) is 42.5 Å². The summed E-state index contributed by atoms with van der Waals surface area (Å²) in [5, 5.41) is 26.8. The number of nitrogens with zero attached hydrogens (tertiary/aromatic N) is 4. The predicted molar refractivity (Wildman–Crippen MR) is 105 cm³/mol. The molecule has 7 heteroatoms. The van der Waals surface area contributed by atoms with Crippen LogP contribution in [0, 0.1) is 11.3 Å². The summed E-state index contributed by atoms with van der Waals surface area (Å²) in [5.41, 5.74) is 10.9. The molecule has 2 heterocycles.